The average Bonchev–Trinajstić information content (AvgIpc) is 3.55. The molecule has 1 aliphatic rings. The molecule has 1 aliphatic heterocycles. The normalized spacial score (nSPS) is 12.3. The Hall–Kier alpha value is -4.34. The van der Waals surface area contributed by atoms with Crippen LogP contribution in [0.3, 0.4) is 0 Å². The van der Waals surface area contributed by atoms with E-state index in [-0.39, 0.29) is 55.2 Å². The number of hydrogen-bond acceptors (Lipinski definition) is 20. The number of anilines is 1. The number of benzene rings is 2. The molecule has 23 nitrogen and oxygen atoms in total. The number of imide groups is 1. The standard InChI is InChI=1S/C42H64N4O19/c47-41-37-3-1-2-4-38(37)42(48)44(41)8-10-54-12-14-56-16-18-58-20-22-60-24-26-62-28-30-64-32-34-65-33-31-63-29-27-61-25-23-59-21-19-57-17-15-55-13-11-53-9-7-43-39-6-5-36(45(49)50)35-40(39)46(51)52/h1-6,35,43H,7-34H2. The van der Waals surface area contributed by atoms with Gasteiger partial charge in [0, 0.05) is 12.6 Å². The van der Waals surface area contributed by atoms with Gasteiger partial charge in [-0.25, -0.2) is 0 Å². The Balaban J connectivity index is 0.906. The van der Waals surface area contributed by atoms with Crippen LogP contribution in [0, 0.1) is 20.2 Å². The number of carbonyl (C=O) groups excluding carboxylic acids is 2. The number of nitrogens with one attached hydrogen (secondary N) is 1. The lowest BCUT2D eigenvalue weighted by Gasteiger charge is -2.13. The number of rotatable bonds is 45. The molecule has 23 heteroatoms. The zero-order chi connectivity index (χ0) is 46.4. The Bertz CT molecular complexity index is 1570. The highest BCUT2D eigenvalue weighted by Gasteiger charge is 2.34. The van der Waals surface area contributed by atoms with Crippen molar-refractivity contribution in [2.75, 3.05) is 190 Å². The van der Waals surface area contributed by atoms with E-state index in [1.54, 1.807) is 24.3 Å². The van der Waals surface area contributed by atoms with Crippen molar-refractivity contribution in [2.45, 2.75) is 0 Å². The van der Waals surface area contributed by atoms with Crippen molar-refractivity contribution in [3.8, 4) is 0 Å². The summed E-state index contributed by atoms with van der Waals surface area (Å²) in [6.07, 6.45) is 0. The molecule has 1 N–H and O–H groups in total. The fraction of sp³-hybridized carbons (Fsp3) is 0.667. The monoisotopic (exact) mass is 928 g/mol. The molecule has 0 aromatic heterocycles. The molecule has 0 bridgehead atoms. The number of ether oxygens (including phenoxy) is 13. The summed E-state index contributed by atoms with van der Waals surface area (Å²) in [7, 11) is 0. The number of nitro benzene ring substituents is 2. The van der Waals surface area contributed by atoms with Gasteiger partial charge in [-0.1, -0.05) is 12.1 Å². The lowest BCUT2D eigenvalue weighted by Crippen LogP contribution is -2.33. The third-order valence-electron chi connectivity index (χ3n) is 8.75. The van der Waals surface area contributed by atoms with Crippen LogP contribution in [0.15, 0.2) is 42.5 Å². The van der Waals surface area contributed by atoms with Crippen LogP contribution in [-0.4, -0.2) is 211 Å². The molecule has 0 fully saturated rings. The summed E-state index contributed by atoms with van der Waals surface area (Å²) in [5.74, 6) is -0.577. The molecule has 0 aliphatic carbocycles. The van der Waals surface area contributed by atoms with Crippen molar-refractivity contribution in [3.63, 3.8) is 0 Å². The third-order valence-corrected chi connectivity index (χ3v) is 8.75. The number of nitro groups is 2. The number of nitrogens with zero attached hydrogens (tertiary/aromatic N) is 3. The Labute approximate surface area is 378 Å². The second-order valence-corrected chi connectivity index (χ2v) is 13.4. The van der Waals surface area contributed by atoms with E-state index in [1.165, 1.54) is 17.0 Å². The van der Waals surface area contributed by atoms with Gasteiger partial charge in [0.05, 0.1) is 205 Å². The first kappa shape index (κ1) is 55.0. The van der Waals surface area contributed by atoms with Crippen LogP contribution in [0.4, 0.5) is 17.1 Å². The van der Waals surface area contributed by atoms with Gasteiger partial charge in [0.15, 0.2) is 0 Å². The van der Waals surface area contributed by atoms with Crippen molar-refractivity contribution in [3.05, 3.63) is 73.8 Å². The number of fused-ring (bicyclic) bond motifs is 1. The van der Waals surface area contributed by atoms with Gasteiger partial charge in [-0.15, -0.1) is 0 Å². The molecule has 0 spiro atoms. The molecule has 0 saturated heterocycles. The van der Waals surface area contributed by atoms with Crippen LogP contribution < -0.4 is 5.32 Å². The molecule has 366 valence electrons. The smallest absolute Gasteiger partial charge is 0.299 e. The van der Waals surface area contributed by atoms with Gasteiger partial charge in [-0.3, -0.25) is 34.7 Å². The summed E-state index contributed by atoms with van der Waals surface area (Å²) in [6.45, 7) is 11.2. The van der Waals surface area contributed by atoms with Crippen LogP contribution in [-0.2, 0) is 61.6 Å². The van der Waals surface area contributed by atoms with E-state index in [0.717, 1.165) is 6.07 Å². The number of non-ortho nitro benzene ring substituents is 1. The Morgan fingerprint density at radius 1 is 0.415 bits per heavy atom. The maximum atomic E-state index is 12.3. The van der Waals surface area contributed by atoms with Gasteiger partial charge < -0.3 is 66.9 Å². The third kappa shape index (κ3) is 25.2. The van der Waals surface area contributed by atoms with E-state index >= 15 is 0 Å². The quantitative estimate of drug-likeness (QED) is 0.0433. The maximum Gasteiger partial charge on any atom is 0.299 e. The molecule has 0 unspecified atom stereocenters. The predicted octanol–water partition coefficient (Wildman–Crippen LogP) is 2.43. The fourth-order valence-electron chi connectivity index (χ4n) is 5.53. The Morgan fingerprint density at radius 3 is 1.03 bits per heavy atom. The van der Waals surface area contributed by atoms with Crippen molar-refractivity contribution in [1.82, 2.24) is 4.90 Å². The van der Waals surface area contributed by atoms with E-state index in [1.807, 2.05) is 0 Å². The van der Waals surface area contributed by atoms with Gasteiger partial charge in [-0.2, -0.15) is 0 Å². The summed E-state index contributed by atoms with van der Waals surface area (Å²) in [6, 6.07) is 10.2. The SMILES string of the molecule is O=C1c2ccccc2C(=O)N1CCOCCOCCOCCOCCOCCOCCOCCOCCOCCOCCOCCOCCOCCNc1ccc([N+](=O)[O-])cc1[N+](=O)[O-]. The van der Waals surface area contributed by atoms with Crippen LogP contribution in [0.25, 0.3) is 0 Å². The zero-order valence-electron chi connectivity index (χ0n) is 36.9. The number of amides is 2. The predicted molar refractivity (Wildman–Crippen MR) is 231 cm³/mol. The topological polar surface area (TPSA) is 256 Å². The minimum atomic E-state index is -0.685. The molecule has 0 radical (unpaired) electrons. The summed E-state index contributed by atoms with van der Waals surface area (Å²) in [4.78, 5) is 46.5. The first-order valence-corrected chi connectivity index (χ1v) is 21.5. The van der Waals surface area contributed by atoms with Crippen LogP contribution in [0.5, 0.6) is 0 Å². The van der Waals surface area contributed by atoms with Gasteiger partial charge >= 0.3 is 0 Å². The van der Waals surface area contributed by atoms with E-state index in [2.05, 4.69) is 5.32 Å². The first-order valence-electron chi connectivity index (χ1n) is 21.5. The molecular formula is C42H64N4O19. The van der Waals surface area contributed by atoms with Crippen LogP contribution in [0.2, 0.25) is 0 Å². The summed E-state index contributed by atoms with van der Waals surface area (Å²) < 4.78 is 71.1. The Kier molecular flexibility index (Phi) is 31.2. The Morgan fingerprint density at radius 2 is 0.723 bits per heavy atom. The number of carbonyl (C=O) groups is 2. The minimum Gasteiger partial charge on any atom is -0.377 e. The van der Waals surface area contributed by atoms with Crippen LogP contribution >= 0.6 is 0 Å². The van der Waals surface area contributed by atoms with Crippen molar-refractivity contribution in [1.29, 1.82) is 0 Å². The molecule has 65 heavy (non-hydrogen) atoms. The molecule has 1 heterocycles. The lowest BCUT2D eigenvalue weighted by atomic mass is 10.1. The molecule has 2 amide bonds. The summed E-state index contributed by atoms with van der Waals surface area (Å²) in [5.41, 5.74) is 0.317. The van der Waals surface area contributed by atoms with E-state index < -0.39 is 9.85 Å². The fourth-order valence-corrected chi connectivity index (χ4v) is 5.53. The van der Waals surface area contributed by atoms with E-state index in [9.17, 15) is 29.8 Å². The maximum absolute atomic E-state index is 12.3. The van der Waals surface area contributed by atoms with E-state index in [4.69, 9.17) is 61.6 Å². The van der Waals surface area contributed by atoms with Gasteiger partial charge in [-0.05, 0) is 18.2 Å². The second kappa shape index (κ2) is 36.8. The summed E-state index contributed by atoms with van der Waals surface area (Å²) in [5, 5.41) is 24.9. The number of hydrogen-bond donors (Lipinski definition) is 1. The second-order valence-electron chi connectivity index (χ2n) is 13.4. The molecular weight excluding hydrogens is 864 g/mol. The van der Waals surface area contributed by atoms with Crippen molar-refractivity contribution >= 4 is 28.9 Å². The van der Waals surface area contributed by atoms with Gasteiger partial charge in [0.2, 0.25) is 0 Å². The minimum absolute atomic E-state index is 0.179. The zero-order valence-corrected chi connectivity index (χ0v) is 36.9. The highest BCUT2D eigenvalue weighted by molar-refractivity contribution is 6.21. The molecule has 3 rings (SSSR count). The molecule has 0 atom stereocenters. The van der Waals surface area contributed by atoms with Crippen LogP contribution in [0.1, 0.15) is 20.7 Å². The van der Waals surface area contributed by atoms with E-state index in [0.29, 0.717) is 170 Å². The average molecular weight is 929 g/mol. The molecule has 2 aromatic carbocycles. The first-order chi connectivity index (χ1) is 31.9. The molecule has 0 saturated carbocycles. The highest BCUT2D eigenvalue weighted by atomic mass is 16.6. The lowest BCUT2D eigenvalue weighted by molar-refractivity contribution is -0.393. The van der Waals surface area contributed by atoms with Crippen molar-refractivity contribution in [2.24, 2.45) is 0 Å². The highest BCUT2D eigenvalue weighted by Crippen LogP contribution is 2.28. The van der Waals surface area contributed by atoms with Gasteiger partial charge in [0.25, 0.3) is 23.2 Å². The largest absolute Gasteiger partial charge is 0.377 e. The van der Waals surface area contributed by atoms with Gasteiger partial charge in [0.1, 0.15) is 5.69 Å². The van der Waals surface area contributed by atoms with Crippen molar-refractivity contribution < 1.29 is 81.0 Å². The summed E-state index contributed by atoms with van der Waals surface area (Å²) >= 11 is 0. The molecule has 2 aromatic rings.